The first-order valence-electron chi connectivity index (χ1n) is 5.28. The third kappa shape index (κ3) is 6.15. The lowest BCUT2D eigenvalue weighted by Crippen LogP contribution is -2.31. The Labute approximate surface area is 116 Å². The molecule has 0 aliphatic heterocycles. The number of hydrogen-bond donors (Lipinski definition) is 0. The van der Waals surface area contributed by atoms with Gasteiger partial charge in [-0.25, -0.2) is 9.10 Å². The minimum absolute atomic E-state index is 0.0663. The highest BCUT2D eigenvalue weighted by Gasteiger charge is 2.19. The summed E-state index contributed by atoms with van der Waals surface area (Å²) in [4.78, 5) is 27.8. The summed E-state index contributed by atoms with van der Waals surface area (Å²) in [6, 6.07) is 0. The lowest BCUT2D eigenvalue weighted by atomic mass is 10.2. The van der Waals surface area contributed by atoms with Gasteiger partial charge in [-0.3, -0.25) is 13.9 Å². The van der Waals surface area contributed by atoms with E-state index in [1.54, 1.807) is 27.8 Å². The molecule has 0 aliphatic rings. The average molecular weight is 293 g/mol. The molecule has 0 N–H and O–H groups in total. The highest BCUT2D eigenvalue weighted by atomic mass is 32.2. The Morgan fingerprint density at radius 2 is 1.78 bits per heavy atom. The van der Waals surface area contributed by atoms with Crippen molar-refractivity contribution in [3.8, 4) is 0 Å². The van der Waals surface area contributed by atoms with Gasteiger partial charge in [0.25, 0.3) is 0 Å². The molecule has 2 amide bonds. The van der Waals surface area contributed by atoms with E-state index in [-0.39, 0.29) is 11.8 Å². The van der Waals surface area contributed by atoms with Crippen molar-refractivity contribution in [2.24, 2.45) is 11.1 Å². The van der Waals surface area contributed by atoms with E-state index in [1.807, 2.05) is 6.26 Å². The van der Waals surface area contributed by atoms with Gasteiger partial charge in [-0.1, -0.05) is 19.0 Å². The van der Waals surface area contributed by atoms with Gasteiger partial charge >= 0.3 is 6.09 Å². The van der Waals surface area contributed by atoms with Crippen LogP contribution in [0.4, 0.5) is 4.79 Å². The van der Waals surface area contributed by atoms with Crippen molar-refractivity contribution in [3.63, 3.8) is 0 Å². The van der Waals surface area contributed by atoms with Gasteiger partial charge in [0.1, 0.15) is 5.04 Å². The maximum atomic E-state index is 11.6. The number of thioether (sulfide) groups is 1. The second-order valence-corrected chi connectivity index (χ2v) is 6.00. The summed E-state index contributed by atoms with van der Waals surface area (Å²) in [6.07, 6.45) is 1.21. The van der Waals surface area contributed by atoms with Gasteiger partial charge in [0.15, 0.2) is 0 Å². The van der Waals surface area contributed by atoms with Crippen LogP contribution in [0.2, 0.25) is 0 Å². The van der Waals surface area contributed by atoms with Gasteiger partial charge in [0.2, 0.25) is 5.91 Å². The lowest BCUT2D eigenvalue weighted by Gasteiger charge is -2.22. The van der Waals surface area contributed by atoms with Gasteiger partial charge < -0.3 is 0 Å². The van der Waals surface area contributed by atoms with Crippen LogP contribution >= 0.6 is 23.9 Å². The minimum atomic E-state index is -0.628. The second-order valence-electron chi connectivity index (χ2n) is 3.74. The molecule has 0 rings (SSSR count). The second kappa shape index (κ2) is 8.25. The fraction of sp³-hybridized carbons (Fsp3) is 0.700. The molecule has 0 saturated heterocycles. The van der Waals surface area contributed by atoms with Gasteiger partial charge in [-0.15, -0.1) is 11.8 Å². The molecule has 0 aromatic heterocycles. The van der Waals surface area contributed by atoms with E-state index in [1.165, 1.54) is 27.4 Å². The van der Waals surface area contributed by atoms with E-state index in [2.05, 4.69) is 5.16 Å². The summed E-state index contributed by atoms with van der Waals surface area (Å²) in [5, 5.41) is 4.27. The Balaban J connectivity index is 4.28. The first kappa shape index (κ1) is 17.1. The molecule has 0 heterocycles. The highest BCUT2D eigenvalue weighted by molar-refractivity contribution is 8.13. The van der Waals surface area contributed by atoms with Crippen LogP contribution in [0.25, 0.3) is 0 Å². The highest BCUT2D eigenvalue weighted by Crippen LogP contribution is 2.16. The third-order valence-electron chi connectivity index (χ3n) is 1.85. The Kier molecular flexibility index (Phi) is 7.85. The number of rotatable bonds is 4. The summed E-state index contributed by atoms with van der Waals surface area (Å²) >= 11 is 2.35. The molecule has 0 aromatic rings. The molecule has 18 heavy (non-hydrogen) atoms. The summed E-state index contributed by atoms with van der Waals surface area (Å²) < 4.78 is 2.59. The Morgan fingerprint density at radius 3 is 2.22 bits per heavy atom. The van der Waals surface area contributed by atoms with Crippen LogP contribution in [0.5, 0.6) is 0 Å². The molecule has 0 radical (unpaired) electrons. The number of amides is 2. The standard InChI is InChI=1S/C10H19N3O3S2/c1-7(2)9(14)12(4)18-13(5)10(15)16-11-8(3)17-6/h7H,1-6H3/b11-8-. The summed E-state index contributed by atoms with van der Waals surface area (Å²) in [5.41, 5.74) is 0. The number of carbonyl (C=O) groups is 2. The van der Waals surface area contributed by atoms with Crippen molar-refractivity contribution in [3.05, 3.63) is 0 Å². The predicted octanol–water partition coefficient (Wildman–Crippen LogP) is 2.43. The van der Waals surface area contributed by atoms with Crippen LogP contribution in [0.15, 0.2) is 5.16 Å². The molecule has 0 fully saturated rings. The summed E-state index contributed by atoms with van der Waals surface area (Å²) in [5.74, 6) is -0.188. The molecule has 0 atom stereocenters. The Morgan fingerprint density at radius 1 is 1.22 bits per heavy atom. The maximum Gasteiger partial charge on any atom is 0.447 e. The van der Waals surface area contributed by atoms with E-state index in [9.17, 15) is 9.59 Å². The molecule has 0 bridgehead atoms. The molecular formula is C10H19N3O3S2. The van der Waals surface area contributed by atoms with Crippen LogP contribution < -0.4 is 0 Å². The van der Waals surface area contributed by atoms with Crippen molar-refractivity contribution < 1.29 is 14.4 Å². The SMILES string of the molecule is CS/C(C)=N\OC(=O)N(C)SN(C)C(=O)C(C)C. The van der Waals surface area contributed by atoms with Gasteiger partial charge in [-0.2, -0.15) is 0 Å². The number of hydrogen-bond acceptors (Lipinski definition) is 6. The van der Waals surface area contributed by atoms with Gasteiger partial charge in [-0.05, 0) is 13.2 Å². The Hall–Kier alpha value is -0.890. The van der Waals surface area contributed by atoms with Crippen LogP contribution in [0.1, 0.15) is 20.8 Å². The zero-order chi connectivity index (χ0) is 14.3. The third-order valence-corrected chi connectivity index (χ3v) is 3.34. The summed E-state index contributed by atoms with van der Waals surface area (Å²) in [7, 11) is 3.12. The van der Waals surface area contributed by atoms with E-state index in [4.69, 9.17) is 4.84 Å². The monoisotopic (exact) mass is 293 g/mol. The number of oxime groups is 1. The van der Waals surface area contributed by atoms with Crippen molar-refractivity contribution >= 4 is 40.9 Å². The van der Waals surface area contributed by atoms with Crippen LogP contribution in [-0.2, 0) is 9.63 Å². The van der Waals surface area contributed by atoms with Crippen molar-refractivity contribution in [1.82, 2.24) is 8.61 Å². The van der Waals surface area contributed by atoms with Crippen LogP contribution in [0.3, 0.4) is 0 Å². The quantitative estimate of drug-likeness (QED) is 0.262. The summed E-state index contributed by atoms with van der Waals surface area (Å²) in [6.45, 7) is 5.33. The average Bonchev–Trinajstić information content (AvgIpc) is 2.33. The van der Waals surface area contributed by atoms with Gasteiger partial charge in [0, 0.05) is 20.0 Å². The number of carbonyl (C=O) groups excluding carboxylic acids is 2. The number of nitrogens with zero attached hydrogens (tertiary/aromatic N) is 3. The molecule has 0 spiro atoms. The largest absolute Gasteiger partial charge is 0.447 e. The Bertz CT molecular complexity index is 334. The molecule has 8 heteroatoms. The first-order valence-corrected chi connectivity index (χ1v) is 7.24. The van der Waals surface area contributed by atoms with E-state index >= 15 is 0 Å². The first-order chi connectivity index (χ1) is 8.29. The van der Waals surface area contributed by atoms with Crippen molar-refractivity contribution in [2.45, 2.75) is 20.8 Å². The normalized spacial score (nSPS) is 11.4. The lowest BCUT2D eigenvalue weighted by molar-refractivity contribution is -0.128. The minimum Gasteiger partial charge on any atom is -0.296 e. The molecule has 0 unspecified atom stereocenters. The smallest absolute Gasteiger partial charge is 0.296 e. The van der Waals surface area contributed by atoms with E-state index < -0.39 is 6.09 Å². The van der Waals surface area contributed by atoms with Gasteiger partial charge in [0.05, 0.1) is 12.1 Å². The van der Waals surface area contributed by atoms with Crippen molar-refractivity contribution in [1.29, 1.82) is 0 Å². The van der Waals surface area contributed by atoms with Crippen LogP contribution in [-0.4, -0.2) is 46.0 Å². The zero-order valence-electron chi connectivity index (χ0n) is 11.5. The molecular weight excluding hydrogens is 274 g/mol. The molecule has 0 aliphatic carbocycles. The predicted molar refractivity (Wildman–Crippen MR) is 76.1 cm³/mol. The topological polar surface area (TPSA) is 62.2 Å². The fourth-order valence-electron chi connectivity index (χ4n) is 0.819. The molecule has 6 nitrogen and oxygen atoms in total. The molecule has 0 saturated carbocycles. The van der Waals surface area contributed by atoms with E-state index in [0.29, 0.717) is 5.04 Å². The molecule has 104 valence electrons. The van der Waals surface area contributed by atoms with Crippen molar-refractivity contribution in [2.75, 3.05) is 20.4 Å². The maximum absolute atomic E-state index is 11.6. The fourth-order valence-corrected chi connectivity index (χ4v) is 1.69. The van der Waals surface area contributed by atoms with E-state index in [0.717, 1.165) is 12.1 Å². The molecule has 0 aromatic carbocycles. The zero-order valence-corrected chi connectivity index (χ0v) is 13.1. The van der Waals surface area contributed by atoms with Crippen LogP contribution in [0, 0.1) is 5.92 Å².